The second-order valence-corrected chi connectivity index (χ2v) is 9.39. The number of aromatic amines is 1. The molecule has 0 spiro atoms. The fraction of sp³-hybridized carbons (Fsp3) is 0.238. The Morgan fingerprint density at radius 2 is 1.83 bits per heavy atom. The van der Waals surface area contributed by atoms with Crippen molar-refractivity contribution in [3.05, 3.63) is 60.3 Å². The van der Waals surface area contributed by atoms with Gasteiger partial charge in [0.1, 0.15) is 5.69 Å². The molecule has 3 aromatic rings. The number of rotatable bonds is 7. The number of benzene rings is 2. The number of anilines is 1. The summed E-state index contributed by atoms with van der Waals surface area (Å²) in [5.41, 5.74) is 6.20. The number of H-pyrrole nitrogens is 1. The number of hydrogen-bond acceptors (Lipinski definition) is 4. The summed E-state index contributed by atoms with van der Waals surface area (Å²) in [5.74, 6) is -0.640. The molecule has 156 valence electrons. The molecule has 1 aliphatic rings. The van der Waals surface area contributed by atoms with Crippen molar-refractivity contribution in [1.82, 2.24) is 9.88 Å². The van der Waals surface area contributed by atoms with Gasteiger partial charge in [-0.1, -0.05) is 24.3 Å². The van der Waals surface area contributed by atoms with Crippen LogP contribution in [0.3, 0.4) is 0 Å². The first-order valence-electron chi connectivity index (χ1n) is 9.46. The summed E-state index contributed by atoms with van der Waals surface area (Å²) in [6.45, 7) is 0.276. The molecular formula is C21H22N4O4S. The van der Waals surface area contributed by atoms with Gasteiger partial charge in [0.05, 0.1) is 16.0 Å². The Morgan fingerprint density at radius 3 is 2.47 bits per heavy atom. The first-order valence-corrected chi connectivity index (χ1v) is 10.9. The highest BCUT2D eigenvalue weighted by Crippen LogP contribution is 2.45. The maximum Gasteiger partial charge on any atom is 0.270 e. The topological polar surface area (TPSA) is 125 Å². The van der Waals surface area contributed by atoms with E-state index >= 15 is 0 Å². The van der Waals surface area contributed by atoms with Gasteiger partial charge in [-0.2, -0.15) is 0 Å². The standard InChI is InChI=1S/C21H22N4O4S/c1-25(13-21(9-10-21)20(22)27)19(26)18-11-14-7-8-15(12-17(14)23-18)24-30(28,29)16-5-3-2-4-6-16/h2-8,11-12,23-24H,9-10,13H2,1H3,(H2,22,27). The Morgan fingerprint density at radius 1 is 1.13 bits per heavy atom. The zero-order chi connectivity index (χ0) is 21.5. The number of carbonyl (C=O) groups is 2. The van der Waals surface area contributed by atoms with Crippen LogP contribution < -0.4 is 10.5 Å². The number of carbonyl (C=O) groups excluding carboxylic acids is 2. The molecule has 2 aromatic carbocycles. The summed E-state index contributed by atoms with van der Waals surface area (Å²) < 4.78 is 27.6. The van der Waals surface area contributed by atoms with Gasteiger partial charge in [-0.3, -0.25) is 14.3 Å². The Labute approximate surface area is 174 Å². The lowest BCUT2D eigenvalue weighted by atomic mass is 10.1. The normalized spacial score (nSPS) is 15.0. The van der Waals surface area contributed by atoms with E-state index in [1.807, 2.05) is 0 Å². The van der Waals surface area contributed by atoms with Gasteiger partial charge >= 0.3 is 0 Å². The fourth-order valence-electron chi connectivity index (χ4n) is 3.48. The van der Waals surface area contributed by atoms with Gasteiger partial charge in [0.2, 0.25) is 5.91 Å². The molecule has 8 nitrogen and oxygen atoms in total. The second kappa shape index (κ2) is 7.17. The maximum atomic E-state index is 12.8. The van der Waals surface area contributed by atoms with Gasteiger partial charge in [-0.25, -0.2) is 8.42 Å². The van der Waals surface area contributed by atoms with E-state index in [4.69, 9.17) is 5.73 Å². The van der Waals surface area contributed by atoms with E-state index in [0.717, 1.165) is 5.39 Å². The zero-order valence-electron chi connectivity index (χ0n) is 16.4. The van der Waals surface area contributed by atoms with Crippen molar-refractivity contribution in [1.29, 1.82) is 0 Å². The lowest BCUT2D eigenvalue weighted by Crippen LogP contribution is -2.39. The SMILES string of the molecule is CN(CC1(C(N)=O)CC1)C(=O)c1cc2ccc(NS(=O)(=O)c3ccccc3)cc2[nH]1. The van der Waals surface area contributed by atoms with Gasteiger partial charge in [0.25, 0.3) is 15.9 Å². The number of sulfonamides is 1. The van der Waals surface area contributed by atoms with Crippen LogP contribution >= 0.6 is 0 Å². The van der Waals surface area contributed by atoms with Crippen LogP contribution in [0.4, 0.5) is 5.69 Å². The molecule has 1 aliphatic carbocycles. The summed E-state index contributed by atoms with van der Waals surface area (Å²) in [5, 5.41) is 0.769. The van der Waals surface area contributed by atoms with Crippen LogP contribution in [0.2, 0.25) is 0 Å². The molecule has 0 aliphatic heterocycles. The molecule has 0 radical (unpaired) electrons. The Hall–Kier alpha value is -3.33. The van der Waals surface area contributed by atoms with Crippen LogP contribution in [0.5, 0.6) is 0 Å². The summed E-state index contributed by atoms with van der Waals surface area (Å²) in [4.78, 5) is 29.1. The van der Waals surface area contributed by atoms with Gasteiger partial charge in [0.15, 0.2) is 0 Å². The van der Waals surface area contributed by atoms with Crippen LogP contribution in [0.1, 0.15) is 23.3 Å². The largest absolute Gasteiger partial charge is 0.369 e. The molecule has 4 rings (SSSR count). The van der Waals surface area contributed by atoms with Gasteiger partial charge < -0.3 is 15.6 Å². The smallest absolute Gasteiger partial charge is 0.270 e. The zero-order valence-corrected chi connectivity index (χ0v) is 17.2. The van der Waals surface area contributed by atoms with E-state index in [1.54, 1.807) is 49.5 Å². The first-order chi connectivity index (χ1) is 14.2. The maximum absolute atomic E-state index is 12.8. The minimum Gasteiger partial charge on any atom is -0.369 e. The highest BCUT2D eigenvalue weighted by Gasteiger charge is 2.49. The van der Waals surface area contributed by atoms with Crippen LogP contribution in [0, 0.1) is 5.41 Å². The van der Waals surface area contributed by atoms with E-state index in [9.17, 15) is 18.0 Å². The van der Waals surface area contributed by atoms with Gasteiger partial charge in [-0.15, -0.1) is 0 Å². The van der Waals surface area contributed by atoms with E-state index < -0.39 is 15.4 Å². The van der Waals surface area contributed by atoms with Crippen molar-refractivity contribution in [3.63, 3.8) is 0 Å². The van der Waals surface area contributed by atoms with Crippen molar-refractivity contribution < 1.29 is 18.0 Å². The number of nitrogens with two attached hydrogens (primary N) is 1. The lowest BCUT2D eigenvalue weighted by Gasteiger charge is -2.21. The van der Waals surface area contributed by atoms with E-state index in [1.165, 1.54) is 17.0 Å². The van der Waals surface area contributed by atoms with Crippen LogP contribution in [-0.2, 0) is 14.8 Å². The molecule has 1 saturated carbocycles. The van der Waals surface area contributed by atoms with Crippen molar-refractivity contribution in [2.24, 2.45) is 11.1 Å². The number of amides is 2. The monoisotopic (exact) mass is 426 g/mol. The average molecular weight is 426 g/mol. The van der Waals surface area contributed by atoms with Crippen molar-refractivity contribution in [2.75, 3.05) is 18.3 Å². The summed E-state index contributed by atoms with van der Waals surface area (Å²) in [7, 11) is -2.07. The average Bonchev–Trinajstić information content (AvgIpc) is 3.38. The van der Waals surface area contributed by atoms with Crippen molar-refractivity contribution >= 4 is 38.4 Å². The molecule has 4 N–H and O–H groups in total. The molecule has 1 fully saturated rings. The fourth-order valence-corrected chi connectivity index (χ4v) is 4.55. The Kier molecular flexibility index (Phi) is 4.77. The Bertz CT molecular complexity index is 1230. The van der Waals surface area contributed by atoms with E-state index in [-0.39, 0.29) is 23.3 Å². The number of primary amides is 1. The highest BCUT2D eigenvalue weighted by atomic mass is 32.2. The van der Waals surface area contributed by atoms with E-state index in [0.29, 0.717) is 29.7 Å². The summed E-state index contributed by atoms with van der Waals surface area (Å²) >= 11 is 0. The molecule has 0 unspecified atom stereocenters. The molecule has 9 heteroatoms. The third-order valence-corrected chi connectivity index (χ3v) is 6.82. The van der Waals surface area contributed by atoms with Crippen LogP contribution in [0.15, 0.2) is 59.5 Å². The third kappa shape index (κ3) is 3.76. The molecular weight excluding hydrogens is 404 g/mol. The number of nitrogens with zero attached hydrogens (tertiary/aromatic N) is 1. The number of nitrogens with one attached hydrogen (secondary N) is 2. The predicted molar refractivity (Wildman–Crippen MR) is 113 cm³/mol. The summed E-state index contributed by atoms with van der Waals surface area (Å²) in [6.07, 6.45) is 1.38. The van der Waals surface area contributed by atoms with Crippen molar-refractivity contribution in [2.45, 2.75) is 17.7 Å². The number of aromatic nitrogens is 1. The Balaban J connectivity index is 1.54. The van der Waals surface area contributed by atoms with Crippen LogP contribution in [-0.4, -0.2) is 43.7 Å². The first kappa shape index (κ1) is 20.0. The third-order valence-electron chi connectivity index (χ3n) is 5.42. The predicted octanol–water partition coefficient (Wildman–Crippen LogP) is 2.31. The number of hydrogen-bond donors (Lipinski definition) is 3. The molecule has 0 atom stereocenters. The molecule has 30 heavy (non-hydrogen) atoms. The highest BCUT2D eigenvalue weighted by molar-refractivity contribution is 7.92. The number of fused-ring (bicyclic) bond motifs is 1. The second-order valence-electron chi connectivity index (χ2n) is 7.71. The van der Waals surface area contributed by atoms with Crippen molar-refractivity contribution in [3.8, 4) is 0 Å². The van der Waals surface area contributed by atoms with E-state index in [2.05, 4.69) is 9.71 Å². The van der Waals surface area contributed by atoms with Crippen LogP contribution in [0.25, 0.3) is 10.9 Å². The molecule has 2 amide bonds. The lowest BCUT2D eigenvalue weighted by molar-refractivity contribution is -0.123. The molecule has 0 saturated heterocycles. The molecule has 0 bridgehead atoms. The summed E-state index contributed by atoms with van der Waals surface area (Å²) in [6, 6.07) is 14.8. The van der Waals surface area contributed by atoms with Gasteiger partial charge in [-0.05, 0) is 43.2 Å². The quantitative estimate of drug-likeness (QED) is 0.536. The molecule has 1 heterocycles. The minimum absolute atomic E-state index is 0.164. The molecule has 1 aromatic heterocycles. The van der Waals surface area contributed by atoms with Gasteiger partial charge in [0, 0.05) is 24.5 Å². The minimum atomic E-state index is -3.71.